The number of nitrogens with one attached hydrogen (secondary N) is 2. The Morgan fingerprint density at radius 2 is 1.77 bits per heavy atom. The van der Waals surface area contributed by atoms with Crippen molar-refractivity contribution in [2.75, 3.05) is 0 Å². The number of carbonyl (C=O) groups is 1. The third kappa shape index (κ3) is 4.01. The average molecular weight is 369 g/mol. The zero-order valence-electron chi connectivity index (χ0n) is 14.4. The van der Waals surface area contributed by atoms with Crippen molar-refractivity contribution in [3.05, 3.63) is 76.8 Å². The van der Waals surface area contributed by atoms with Crippen LogP contribution in [0.15, 0.2) is 60.1 Å². The maximum atomic E-state index is 12.4. The summed E-state index contributed by atoms with van der Waals surface area (Å²) in [6.45, 7) is 1.95. The van der Waals surface area contributed by atoms with E-state index in [0.29, 0.717) is 5.56 Å². The van der Waals surface area contributed by atoms with Gasteiger partial charge in [0.05, 0.1) is 5.56 Å². The lowest BCUT2D eigenvalue weighted by molar-refractivity contribution is 0.0947. The normalized spacial score (nSPS) is 11.9. The first kappa shape index (κ1) is 17.9. The van der Waals surface area contributed by atoms with E-state index in [-0.39, 0.29) is 0 Å². The summed E-state index contributed by atoms with van der Waals surface area (Å²) >= 11 is 0. The van der Waals surface area contributed by atoms with Crippen molar-refractivity contribution in [2.45, 2.75) is 6.92 Å². The molecule has 2 aromatic carbocycles. The summed E-state index contributed by atoms with van der Waals surface area (Å²) in [6, 6.07) is 14.8. The van der Waals surface area contributed by atoms with Crippen LogP contribution in [0, 0.1) is 6.92 Å². The number of nitrogens with zero attached hydrogens (tertiary/aromatic N) is 1. The lowest BCUT2D eigenvalue weighted by Gasteiger charge is -2.05. The van der Waals surface area contributed by atoms with E-state index in [1.807, 2.05) is 67.1 Å². The van der Waals surface area contributed by atoms with Gasteiger partial charge in [0.2, 0.25) is 0 Å². The molecule has 3 aromatic rings. The van der Waals surface area contributed by atoms with Crippen LogP contribution in [0.25, 0.3) is 17.0 Å². The second-order valence-corrected chi connectivity index (χ2v) is 7.55. The van der Waals surface area contributed by atoms with Gasteiger partial charge >= 0.3 is 0 Å². The van der Waals surface area contributed by atoms with Crippen molar-refractivity contribution in [1.82, 2.24) is 14.8 Å². The summed E-state index contributed by atoms with van der Waals surface area (Å²) in [6.07, 6.45) is 3.13. The van der Waals surface area contributed by atoms with E-state index >= 15 is 0 Å². The van der Waals surface area contributed by atoms with E-state index in [1.54, 1.807) is 6.20 Å². The maximum absolute atomic E-state index is 12.4. The van der Waals surface area contributed by atoms with Crippen LogP contribution in [-0.4, -0.2) is 18.9 Å². The molecule has 26 heavy (non-hydrogen) atoms. The molecule has 0 fully saturated rings. The molecule has 134 valence electrons. The topological polar surface area (TPSA) is 80.2 Å². The van der Waals surface area contributed by atoms with Gasteiger partial charge in [-0.3, -0.25) is 10.2 Å². The van der Waals surface area contributed by atoms with E-state index < -0.39 is 15.9 Å². The molecule has 1 aromatic heterocycles. The van der Waals surface area contributed by atoms with E-state index in [9.17, 15) is 13.2 Å². The number of benzene rings is 2. The number of fused-ring (bicyclic) bond motifs is 1. The molecule has 0 spiro atoms. The third-order valence-corrected chi connectivity index (χ3v) is 4.85. The summed E-state index contributed by atoms with van der Waals surface area (Å²) < 4.78 is 25.9. The molecule has 3 rings (SSSR count). The molecular formula is C19H19N3O3S. The number of para-hydroxylation sites is 1. The summed E-state index contributed by atoms with van der Waals surface area (Å²) in [5.74, 6) is -0.519. The van der Waals surface area contributed by atoms with Crippen LogP contribution in [0.5, 0.6) is 0 Å². The van der Waals surface area contributed by atoms with Crippen molar-refractivity contribution in [3.63, 3.8) is 0 Å². The number of aryl methyl sites for hydroxylation is 2. The van der Waals surface area contributed by atoms with Gasteiger partial charge in [-0.1, -0.05) is 48.0 Å². The molecule has 0 aliphatic carbocycles. The number of hydrogen-bond acceptors (Lipinski definition) is 3. The molecule has 0 radical (unpaired) electrons. The predicted octanol–water partition coefficient (Wildman–Crippen LogP) is 2.72. The van der Waals surface area contributed by atoms with Gasteiger partial charge in [0.15, 0.2) is 0 Å². The fourth-order valence-electron chi connectivity index (χ4n) is 2.59. The van der Waals surface area contributed by atoms with Crippen LogP contribution >= 0.6 is 0 Å². The van der Waals surface area contributed by atoms with Crippen LogP contribution in [0.2, 0.25) is 0 Å². The van der Waals surface area contributed by atoms with Gasteiger partial charge in [0.1, 0.15) is 0 Å². The number of amides is 1. The van der Waals surface area contributed by atoms with E-state index in [0.717, 1.165) is 27.4 Å². The maximum Gasteiger partial charge on any atom is 0.268 e. The molecule has 0 aliphatic rings. The van der Waals surface area contributed by atoms with Gasteiger partial charge in [-0.05, 0) is 24.6 Å². The average Bonchev–Trinajstić information content (AvgIpc) is 2.97. The van der Waals surface area contributed by atoms with Crippen LogP contribution in [0.4, 0.5) is 0 Å². The number of carbonyl (C=O) groups excluding carboxylic acids is 1. The summed E-state index contributed by atoms with van der Waals surface area (Å²) in [4.78, 5) is 14.4. The standard InChI is InChI=1S/C19H19N3O3S/c1-14-7-9-15(10-8-14)11-12-26(24,25)21-20-19(23)17-13-22(2)18-6-4-3-5-16(17)18/h3-13,21H,1-2H3,(H,20,23)/b12-11+. The van der Waals surface area contributed by atoms with Crippen molar-refractivity contribution in [2.24, 2.45) is 7.05 Å². The SMILES string of the molecule is Cc1ccc(/C=C/S(=O)(=O)NNC(=O)c2cn(C)c3ccccc23)cc1. The molecule has 0 atom stereocenters. The molecule has 7 heteroatoms. The van der Waals surface area contributed by atoms with Crippen molar-refractivity contribution in [1.29, 1.82) is 0 Å². The minimum Gasteiger partial charge on any atom is -0.350 e. The van der Waals surface area contributed by atoms with Crippen LogP contribution in [0.3, 0.4) is 0 Å². The zero-order chi connectivity index (χ0) is 18.7. The van der Waals surface area contributed by atoms with Crippen molar-refractivity contribution in [3.8, 4) is 0 Å². The molecule has 0 unspecified atom stereocenters. The molecule has 1 amide bonds. The number of hydrazine groups is 1. The smallest absolute Gasteiger partial charge is 0.268 e. The van der Waals surface area contributed by atoms with E-state index in [1.165, 1.54) is 6.08 Å². The van der Waals surface area contributed by atoms with Gasteiger partial charge in [-0.25, -0.2) is 8.42 Å². The lowest BCUT2D eigenvalue weighted by atomic mass is 10.2. The number of rotatable bonds is 5. The van der Waals surface area contributed by atoms with Crippen LogP contribution in [-0.2, 0) is 17.1 Å². The first-order valence-electron chi connectivity index (χ1n) is 7.97. The van der Waals surface area contributed by atoms with Crippen LogP contribution in [0.1, 0.15) is 21.5 Å². The fourth-order valence-corrected chi connectivity index (χ4v) is 3.23. The first-order chi connectivity index (χ1) is 12.4. The molecule has 0 aliphatic heterocycles. The number of aromatic nitrogens is 1. The number of sulfonamides is 1. The minimum absolute atomic E-state index is 0.397. The number of hydrogen-bond donors (Lipinski definition) is 2. The Morgan fingerprint density at radius 1 is 1.08 bits per heavy atom. The summed E-state index contributed by atoms with van der Waals surface area (Å²) in [7, 11) is -1.98. The Balaban J connectivity index is 1.70. The highest BCUT2D eigenvalue weighted by Crippen LogP contribution is 2.19. The first-order valence-corrected chi connectivity index (χ1v) is 9.51. The molecule has 1 heterocycles. The molecule has 0 bridgehead atoms. The zero-order valence-corrected chi connectivity index (χ0v) is 15.2. The monoisotopic (exact) mass is 369 g/mol. The molecular weight excluding hydrogens is 350 g/mol. The second-order valence-electron chi connectivity index (χ2n) is 5.99. The highest BCUT2D eigenvalue weighted by Gasteiger charge is 2.15. The largest absolute Gasteiger partial charge is 0.350 e. The second kappa shape index (κ2) is 7.15. The van der Waals surface area contributed by atoms with Crippen LogP contribution < -0.4 is 10.3 Å². The van der Waals surface area contributed by atoms with E-state index in [2.05, 4.69) is 10.3 Å². The predicted molar refractivity (Wildman–Crippen MR) is 103 cm³/mol. The minimum atomic E-state index is -3.81. The molecule has 0 saturated heterocycles. The lowest BCUT2D eigenvalue weighted by Crippen LogP contribution is -2.40. The Labute approximate surface area is 152 Å². The van der Waals surface area contributed by atoms with Gasteiger partial charge in [0.25, 0.3) is 15.9 Å². The highest BCUT2D eigenvalue weighted by atomic mass is 32.2. The van der Waals surface area contributed by atoms with Crippen molar-refractivity contribution < 1.29 is 13.2 Å². The Bertz CT molecular complexity index is 1080. The Morgan fingerprint density at radius 3 is 2.50 bits per heavy atom. The third-order valence-electron chi connectivity index (χ3n) is 3.97. The van der Waals surface area contributed by atoms with Crippen molar-refractivity contribution >= 4 is 32.9 Å². The fraction of sp³-hybridized carbons (Fsp3) is 0.105. The summed E-state index contributed by atoms with van der Waals surface area (Å²) in [5, 5.41) is 1.77. The Kier molecular flexibility index (Phi) is 4.92. The van der Waals surface area contributed by atoms with Gasteiger partial charge in [-0.2, -0.15) is 0 Å². The molecule has 2 N–H and O–H groups in total. The van der Waals surface area contributed by atoms with E-state index in [4.69, 9.17) is 0 Å². The summed E-state index contributed by atoms with van der Waals surface area (Å²) in [5.41, 5.74) is 5.37. The highest BCUT2D eigenvalue weighted by molar-refractivity contribution is 7.92. The molecule has 6 nitrogen and oxygen atoms in total. The van der Waals surface area contributed by atoms with Gasteiger partial charge in [-0.15, -0.1) is 4.83 Å². The molecule has 0 saturated carbocycles. The van der Waals surface area contributed by atoms with Gasteiger partial charge in [0, 0.05) is 29.6 Å². The van der Waals surface area contributed by atoms with Gasteiger partial charge < -0.3 is 4.57 Å². The quantitative estimate of drug-likeness (QED) is 0.679. The Hall–Kier alpha value is -2.90.